The topological polar surface area (TPSA) is 116 Å². The molecule has 0 spiro atoms. The predicted molar refractivity (Wildman–Crippen MR) is 144 cm³/mol. The zero-order valence-electron chi connectivity index (χ0n) is 22.9. The molecule has 0 bridgehead atoms. The Balaban J connectivity index is 1.57. The molecule has 0 saturated carbocycles. The molecule has 2 aromatic rings. The molecular formula is C29H34N2O9. The number of Topliss-reactive ketones (excluding diaryl/α,β-unsaturated/α-hetero) is 1. The van der Waals surface area contributed by atoms with Crippen molar-refractivity contribution < 1.29 is 43.1 Å². The van der Waals surface area contributed by atoms with Gasteiger partial charge >= 0.3 is 0 Å². The van der Waals surface area contributed by atoms with Crippen molar-refractivity contribution in [3.63, 3.8) is 0 Å². The zero-order valence-corrected chi connectivity index (χ0v) is 22.9. The molecule has 0 unspecified atom stereocenters. The van der Waals surface area contributed by atoms with E-state index in [1.807, 2.05) is 0 Å². The highest BCUT2D eigenvalue weighted by Crippen LogP contribution is 2.46. The highest BCUT2D eigenvalue weighted by molar-refractivity contribution is 6.46. The lowest BCUT2D eigenvalue weighted by atomic mass is 9.94. The van der Waals surface area contributed by atoms with Gasteiger partial charge in [0.1, 0.15) is 19.0 Å². The van der Waals surface area contributed by atoms with Crippen molar-refractivity contribution in [2.75, 3.05) is 73.9 Å². The molecule has 5 rings (SSSR count). The summed E-state index contributed by atoms with van der Waals surface area (Å²) in [4.78, 5) is 30.7. The molecule has 3 aliphatic heterocycles. The number of carbonyl (C=O) groups excluding carboxylic acids is 2. The molecule has 0 radical (unpaired) electrons. The van der Waals surface area contributed by atoms with E-state index in [0.717, 1.165) is 19.6 Å². The maximum Gasteiger partial charge on any atom is 0.295 e. The number of morpholine rings is 1. The van der Waals surface area contributed by atoms with Crippen molar-refractivity contribution in [1.29, 1.82) is 0 Å². The van der Waals surface area contributed by atoms with Crippen molar-refractivity contribution in [3.05, 3.63) is 47.0 Å². The van der Waals surface area contributed by atoms with Crippen LogP contribution in [0.5, 0.6) is 28.7 Å². The van der Waals surface area contributed by atoms with Gasteiger partial charge in [-0.25, -0.2) is 0 Å². The molecular weight excluding hydrogens is 520 g/mol. The van der Waals surface area contributed by atoms with Crippen LogP contribution in [0.25, 0.3) is 5.76 Å². The number of methoxy groups -OCH3 is 3. The molecule has 1 amide bonds. The minimum atomic E-state index is -0.883. The molecule has 3 aliphatic rings. The van der Waals surface area contributed by atoms with Crippen molar-refractivity contribution in [3.8, 4) is 28.7 Å². The van der Waals surface area contributed by atoms with E-state index in [1.54, 1.807) is 30.3 Å². The van der Waals surface area contributed by atoms with Crippen LogP contribution in [-0.4, -0.2) is 101 Å². The van der Waals surface area contributed by atoms with Gasteiger partial charge in [-0.3, -0.25) is 14.5 Å². The average molecular weight is 555 g/mol. The van der Waals surface area contributed by atoms with E-state index in [-0.39, 0.29) is 11.3 Å². The second kappa shape index (κ2) is 12.1. The molecule has 11 nitrogen and oxygen atoms in total. The summed E-state index contributed by atoms with van der Waals surface area (Å²) >= 11 is 0. The second-order valence-corrected chi connectivity index (χ2v) is 9.62. The number of ether oxygens (including phenoxy) is 6. The van der Waals surface area contributed by atoms with Crippen LogP contribution in [0.3, 0.4) is 0 Å². The number of hydrogen-bond acceptors (Lipinski definition) is 10. The van der Waals surface area contributed by atoms with Crippen LogP contribution in [0.1, 0.15) is 23.6 Å². The van der Waals surface area contributed by atoms with Crippen molar-refractivity contribution >= 4 is 17.4 Å². The first-order chi connectivity index (χ1) is 19.5. The quantitative estimate of drug-likeness (QED) is 0.282. The Hall–Kier alpha value is -3.96. The van der Waals surface area contributed by atoms with Gasteiger partial charge in [0.15, 0.2) is 23.0 Å². The van der Waals surface area contributed by atoms with E-state index < -0.39 is 17.7 Å². The smallest absolute Gasteiger partial charge is 0.295 e. The fourth-order valence-corrected chi connectivity index (χ4v) is 5.35. The summed E-state index contributed by atoms with van der Waals surface area (Å²) in [5, 5.41) is 11.5. The monoisotopic (exact) mass is 554 g/mol. The Morgan fingerprint density at radius 3 is 2.23 bits per heavy atom. The first-order valence-corrected chi connectivity index (χ1v) is 13.2. The highest BCUT2D eigenvalue weighted by Gasteiger charge is 2.46. The van der Waals surface area contributed by atoms with E-state index >= 15 is 0 Å². The van der Waals surface area contributed by atoms with E-state index in [1.165, 1.54) is 26.2 Å². The standard InChI is InChI=1S/C29H34N2O9/c1-35-22-16-19(17-23(36-2)28(22)37-3)25-24(26(32)18-5-6-20-21(15-18)40-14-13-39-20)27(33)29(34)31(25)8-4-7-30-9-11-38-12-10-30/h5-6,15-17,25,32H,4,7-14H2,1-3H3/b26-24+/t25-/m1/s1. The van der Waals surface area contributed by atoms with Gasteiger partial charge in [0.25, 0.3) is 11.7 Å². The molecule has 2 fully saturated rings. The largest absolute Gasteiger partial charge is 0.507 e. The van der Waals surface area contributed by atoms with Crippen LogP contribution in [0.4, 0.5) is 0 Å². The molecule has 40 heavy (non-hydrogen) atoms. The summed E-state index contributed by atoms with van der Waals surface area (Å²) in [6.45, 7) is 4.83. The summed E-state index contributed by atoms with van der Waals surface area (Å²) in [6.07, 6.45) is 0.637. The van der Waals surface area contributed by atoms with Crippen LogP contribution in [0, 0.1) is 0 Å². The van der Waals surface area contributed by atoms with Gasteiger partial charge in [0, 0.05) is 31.7 Å². The molecule has 1 atom stereocenters. The number of nitrogens with zero attached hydrogens (tertiary/aromatic N) is 2. The van der Waals surface area contributed by atoms with Gasteiger partial charge in [-0.05, 0) is 42.3 Å². The molecule has 0 aromatic heterocycles. The maximum atomic E-state index is 13.5. The van der Waals surface area contributed by atoms with E-state index in [4.69, 9.17) is 28.4 Å². The molecule has 11 heteroatoms. The lowest BCUT2D eigenvalue weighted by Crippen LogP contribution is -2.39. The van der Waals surface area contributed by atoms with Crippen LogP contribution < -0.4 is 23.7 Å². The Morgan fingerprint density at radius 1 is 0.900 bits per heavy atom. The first-order valence-electron chi connectivity index (χ1n) is 13.2. The summed E-state index contributed by atoms with van der Waals surface area (Å²) in [5.74, 6) is 0.379. The third-order valence-electron chi connectivity index (χ3n) is 7.34. The molecule has 2 aromatic carbocycles. The third kappa shape index (κ3) is 5.26. The number of carbonyl (C=O) groups is 2. The number of hydrogen-bond donors (Lipinski definition) is 1. The van der Waals surface area contributed by atoms with Gasteiger partial charge in [0.2, 0.25) is 5.75 Å². The number of rotatable bonds is 9. The SMILES string of the molecule is COc1cc([C@@H]2/C(=C(\O)c3ccc4c(c3)OCCO4)C(=O)C(=O)N2CCCN2CCOCC2)cc(OC)c1OC. The number of aliphatic hydroxyl groups is 1. The van der Waals surface area contributed by atoms with E-state index in [9.17, 15) is 14.7 Å². The summed E-state index contributed by atoms with van der Waals surface area (Å²) in [5.41, 5.74) is 0.856. The lowest BCUT2D eigenvalue weighted by Gasteiger charge is -2.29. The zero-order chi connectivity index (χ0) is 28.2. The Morgan fingerprint density at radius 2 is 1.57 bits per heavy atom. The highest BCUT2D eigenvalue weighted by atomic mass is 16.6. The number of benzene rings is 2. The summed E-state index contributed by atoms with van der Waals surface area (Å²) in [6, 6.07) is 7.44. The van der Waals surface area contributed by atoms with Gasteiger partial charge in [-0.1, -0.05) is 0 Å². The maximum absolute atomic E-state index is 13.5. The third-order valence-corrected chi connectivity index (χ3v) is 7.34. The number of aliphatic hydroxyl groups excluding tert-OH is 1. The predicted octanol–water partition coefficient (Wildman–Crippen LogP) is 2.63. The van der Waals surface area contributed by atoms with Crippen LogP contribution in [0.2, 0.25) is 0 Å². The van der Waals surface area contributed by atoms with Gasteiger partial charge in [-0.2, -0.15) is 0 Å². The number of fused-ring (bicyclic) bond motifs is 1. The number of likely N-dealkylation sites (tertiary alicyclic amines) is 1. The second-order valence-electron chi connectivity index (χ2n) is 9.62. The number of amides is 1. The molecule has 214 valence electrons. The van der Waals surface area contributed by atoms with Crippen LogP contribution >= 0.6 is 0 Å². The van der Waals surface area contributed by atoms with Crippen molar-refractivity contribution in [2.45, 2.75) is 12.5 Å². The van der Waals surface area contributed by atoms with Crippen molar-refractivity contribution in [1.82, 2.24) is 9.80 Å². The lowest BCUT2D eigenvalue weighted by molar-refractivity contribution is -0.140. The van der Waals surface area contributed by atoms with E-state index in [2.05, 4.69) is 4.90 Å². The Labute approximate surface area is 232 Å². The van der Waals surface area contributed by atoms with Crippen molar-refractivity contribution in [2.24, 2.45) is 0 Å². The summed E-state index contributed by atoms with van der Waals surface area (Å²) < 4.78 is 33.3. The van der Waals surface area contributed by atoms with Gasteiger partial charge in [-0.15, -0.1) is 0 Å². The fraction of sp³-hybridized carbons (Fsp3) is 0.448. The first kappa shape index (κ1) is 27.6. The average Bonchev–Trinajstić information content (AvgIpc) is 3.25. The molecule has 3 heterocycles. The fourth-order valence-electron chi connectivity index (χ4n) is 5.35. The Kier molecular flexibility index (Phi) is 8.32. The molecule has 2 saturated heterocycles. The van der Waals surface area contributed by atoms with E-state index in [0.29, 0.717) is 79.3 Å². The van der Waals surface area contributed by atoms with Crippen LogP contribution in [-0.2, 0) is 14.3 Å². The summed E-state index contributed by atoms with van der Waals surface area (Å²) in [7, 11) is 4.49. The Bertz CT molecular complexity index is 1280. The van der Waals surface area contributed by atoms with Gasteiger partial charge < -0.3 is 38.4 Å². The number of ketones is 1. The molecule has 0 aliphatic carbocycles. The van der Waals surface area contributed by atoms with Crippen LogP contribution in [0.15, 0.2) is 35.9 Å². The normalized spacial score (nSPS) is 20.5. The molecule has 1 N–H and O–H groups in total. The minimum Gasteiger partial charge on any atom is -0.507 e. The minimum absolute atomic E-state index is 0.0256. The van der Waals surface area contributed by atoms with Gasteiger partial charge in [0.05, 0.1) is 46.2 Å².